The molecule has 2 N–H and O–H groups in total. The molecule has 1 fully saturated rings. The van der Waals surface area contributed by atoms with Crippen LogP contribution in [-0.2, 0) is 6.54 Å². The molecule has 1 saturated heterocycles. The molecule has 0 radical (unpaired) electrons. The van der Waals surface area contributed by atoms with Crippen LogP contribution in [0.25, 0.3) is 0 Å². The highest BCUT2D eigenvalue weighted by atomic mass is 15.2. The van der Waals surface area contributed by atoms with Gasteiger partial charge < -0.3 is 15.5 Å². The first-order chi connectivity index (χ1) is 11.2. The lowest BCUT2D eigenvalue weighted by atomic mass is 10.1. The Hall–Kier alpha value is -1.55. The average molecular weight is 316 g/mol. The Bertz CT molecular complexity index is 481. The quantitative estimate of drug-likeness (QED) is 0.462. The average Bonchev–Trinajstić information content (AvgIpc) is 2.96. The maximum Gasteiger partial charge on any atom is 0.191 e. The summed E-state index contributed by atoms with van der Waals surface area (Å²) in [5.74, 6) is 1.69. The van der Waals surface area contributed by atoms with Crippen molar-refractivity contribution in [2.45, 2.75) is 39.7 Å². The first-order valence-corrected chi connectivity index (χ1v) is 8.93. The summed E-state index contributed by atoms with van der Waals surface area (Å²) in [7, 11) is 2.20. The predicted octanol–water partition coefficient (Wildman–Crippen LogP) is 2.78. The molecule has 0 amide bonds. The molecule has 0 aliphatic carbocycles. The van der Waals surface area contributed by atoms with Gasteiger partial charge in [-0.05, 0) is 44.8 Å². The smallest absolute Gasteiger partial charge is 0.191 e. The number of guanidine groups is 1. The summed E-state index contributed by atoms with van der Waals surface area (Å²) in [5, 5.41) is 7.00. The molecule has 2 rings (SSSR count). The number of unbranched alkanes of at least 4 members (excludes halogenated alkanes) is 1. The van der Waals surface area contributed by atoms with Gasteiger partial charge in [0.1, 0.15) is 0 Å². The lowest BCUT2D eigenvalue weighted by Crippen LogP contribution is -2.40. The highest BCUT2D eigenvalue weighted by Crippen LogP contribution is 2.12. The topological polar surface area (TPSA) is 39.7 Å². The molecule has 1 aliphatic rings. The predicted molar refractivity (Wildman–Crippen MR) is 98.8 cm³/mol. The van der Waals surface area contributed by atoms with Gasteiger partial charge in [-0.15, -0.1) is 0 Å². The van der Waals surface area contributed by atoms with Gasteiger partial charge in [0.05, 0.1) is 6.54 Å². The third-order valence-electron chi connectivity index (χ3n) is 4.41. The molecule has 4 nitrogen and oxygen atoms in total. The number of nitrogens with zero attached hydrogens (tertiary/aromatic N) is 2. The number of benzene rings is 1. The largest absolute Gasteiger partial charge is 0.356 e. The fraction of sp³-hybridized carbons (Fsp3) is 0.632. The zero-order valence-electron chi connectivity index (χ0n) is 14.9. The van der Waals surface area contributed by atoms with Crippen molar-refractivity contribution in [2.24, 2.45) is 10.9 Å². The summed E-state index contributed by atoms with van der Waals surface area (Å²) in [5.41, 5.74) is 2.55. The number of aryl methyl sites for hydroxylation is 1. The molecule has 1 aromatic rings. The molecular formula is C19H32N4. The molecule has 23 heavy (non-hydrogen) atoms. The van der Waals surface area contributed by atoms with Gasteiger partial charge in [-0.1, -0.05) is 43.2 Å². The van der Waals surface area contributed by atoms with E-state index >= 15 is 0 Å². The zero-order chi connectivity index (χ0) is 16.5. The van der Waals surface area contributed by atoms with Crippen molar-refractivity contribution >= 4 is 5.96 Å². The summed E-state index contributed by atoms with van der Waals surface area (Å²) >= 11 is 0. The van der Waals surface area contributed by atoms with Gasteiger partial charge in [-0.2, -0.15) is 0 Å². The minimum atomic E-state index is 0.728. The fourth-order valence-corrected chi connectivity index (χ4v) is 2.86. The van der Waals surface area contributed by atoms with Crippen LogP contribution in [0.2, 0.25) is 0 Å². The van der Waals surface area contributed by atoms with E-state index in [0.29, 0.717) is 0 Å². The van der Waals surface area contributed by atoms with Crippen LogP contribution in [0.4, 0.5) is 0 Å². The van der Waals surface area contributed by atoms with Crippen molar-refractivity contribution in [2.75, 3.05) is 33.2 Å². The SMILES string of the molecule is CCCCNC(=NCc1ccc(C)cc1)NCC1CCN(C)C1. The highest BCUT2D eigenvalue weighted by molar-refractivity contribution is 5.79. The molecule has 1 atom stereocenters. The van der Waals surface area contributed by atoms with E-state index in [9.17, 15) is 0 Å². The molecule has 0 aromatic heterocycles. The van der Waals surface area contributed by atoms with Crippen molar-refractivity contribution < 1.29 is 0 Å². The highest BCUT2D eigenvalue weighted by Gasteiger charge is 2.19. The maximum absolute atomic E-state index is 4.76. The van der Waals surface area contributed by atoms with Crippen LogP contribution in [0.1, 0.15) is 37.3 Å². The zero-order valence-corrected chi connectivity index (χ0v) is 14.9. The number of likely N-dealkylation sites (tertiary alicyclic amines) is 1. The van der Waals surface area contributed by atoms with E-state index in [0.717, 1.165) is 31.5 Å². The van der Waals surface area contributed by atoms with Gasteiger partial charge in [-0.3, -0.25) is 0 Å². The Labute approximate surface area is 141 Å². The van der Waals surface area contributed by atoms with E-state index in [1.54, 1.807) is 0 Å². The first kappa shape index (κ1) is 17.8. The first-order valence-electron chi connectivity index (χ1n) is 8.93. The molecule has 1 aliphatic heterocycles. The van der Waals surface area contributed by atoms with Crippen LogP contribution in [0.3, 0.4) is 0 Å². The second kappa shape index (κ2) is 9.56. The van der Waals surface area contributed by atoms with Crippen LogP contribution in [0.15, 0.2) is 29.3 Å². The molecule has 0 bridgehead atoms. The van der Waals surface area contributed by atoms with E-state index in [1.807, 2.05) is 0 Å². The standard InChI is InChI=1S/C19H32N4/c1-4-5-11-20-19(22-14-18-10-12-23(3)15-18)21-13-17-8-6-16(2)7-9-17/h6-9,18H,4-5,10-15H2,1-3H3,(H2,20,21,22). The molecule has 1 aromatic carbocycles. The van der Waals surface area contributed by atoms with E-state index in [1.165, 1.54) is 43.5 Å². The van der Waals surface area contributed by atoms with Crippen molar-refractivity contribution in [3.8, 4) is 0 Å². The number of aliphatic imine (C=N–C) groups is 1. The second-order valence-corrected chi connectivity index (χ2v) is 6.73. The monoisotopic (exact) mass is 316 g/mol. The minimum Gasteiger partial charge on any atom is -0.356 e. The van der Waals surface area contributed by atoms with Gasteiger partial charge in [-0.25, -0.2) is 4.99 Å². The van der Waals surface area contributed by atoms with Crippen molar-refractivity contribution in [1.29, 1.82) is 0 Å². The van der Waals surface area contributed by atoms with Crippen LogP contribution in [0.5, 0.6) is 0 Å². The third-order valence-corrected chi connectivity index (χ3v) is 4.41. The van der Waals surface area contributed by atoms with Crippen molar-refractivity contribution in [3.05, 3.63) is 35.4 Å². The van der Waals surface area contributed by atoms with E-state index in [4.69, 9.17) is 4.99 Å². The lowest BCUT2D eigenvalue weighted by molar-refractivity contribution is 0.394. The fourth-order valence-electron chi connectivity index (χ4n) is 2.86. The maximum atomic E-state index is 4.76. The van der Waals surface area contributed by atoms with Crippen LogP contribution >= 0.6 is 0 Å². The molecule has 4 heteroatoms. The number of hydrogen-bond acceptors (Lipinski definition) is 2. The molecule has 128 valence electrons. The summed E-state index contributed by atoms with van der Waals surface area (Å²) in [4.78, 5) is 7.16. The van der Waals surface area contributed by atoms with Gasteiger partial charge >= 0.3 is 0 Å². The summed E-state index contributed by atoms with van der Waals surface area (Å²) < 4.78 is 0. The second-order valence-electron chi connectivity index (χ2n) is 6.73. The third kappa shape index (κ3) is 6.61. The Morgan fingerprint density at radius 1 is 1.26 bits per heavy atom. The Kier molecular flexibility index (Phi) is 7.40. The Balaban J connectivity index is 1.86. The summed E-state index contributed by atoms with van der Waals surface area (Å²) in [6, 6.07) is 8.62. The molecular weight excluding hydrogens is 284 g/mol. The molecule has 1 heterocycles. The number of hydrogen-bond donors (Lipinski definition) is 2. The van der Waals surface area contributed by atoms with Crippen molar-refractivity contribution in [1.82, 2.24) is 15.5 Å². The molecule has 0 spiro atoms. The summed E-state index contributed by atoms with van der Waals surface area (Å²) in [6.45, 7) is 9.46. The van der Waals surface area contributed by atoms with E-state index in [-0.39, 0.29) is 0 Å². The van der Waals surface area contributed by atoms with Gasteiger partial charge in [0, 0.05) is 19.6 Å². The molecule has 0 saturated carbocycles. The molecule has 1 unspecified atom stereocenters. The lowest BCUT2D eigenvalue weighted by Gasteiger charge is -2.16. The van der Waals surface area contributed by atoms with Crippen molar-refractivity contribution in [3.63, 3.8) is 0 Å². The van der Waals surface area contributed by atoms with E-state index < -0.39 is 0 Å². The number of nitrogens with one attached hydrogen (secondary N) is 2. The van der Waals surface area contributed by atoms with Gasteiger partial charge in [0.25, 0.3) is 0 Å². The van der Waals surface area contributed by atoms with Gasteiger partial charge in [0.2, 0.25) is 0 Å². The van der Waals surface area contributed by atoms with Crippen LogP contribution in [0, 0.1) is 12.8 Å². The summed E-state index contributed by atoms with van der Waals surface area (Å²) in [6.07, 6.45) is 3.66. The normalized spacial score (nSPS) is 19.1. The minimum absolute atomic E-state index is 0.728. The van der Waals surface area contributed by atoms with Crippen LogP contribution < -0.4 is 10.6 Å². The van der Waals surface area contributed by atoms with E-state index in [2.05, 4.69) is 60.7 Å². The number of rotatable bonds is 7. The Morgan fingerprint density at radius 2 is 2.04 bits per heavy atom. The van der Waals surface area contributed by atoms with Gasteiger partial charge in [0.15, 0.2) is 5.96 Å². The van der Waals surface area contributed by atoms with Crippen LogP contribution in [-0.4, -0.2) is 44.1 Å². The Morgan fingerprint density at radius 3 is 2.70 bits per heavy atom.